The van der Waals surface area contributed by atoms with Gasteiger partial charge in [0.2, 0.25) is 0 Å². The summed E-state index contributed by atoms with van der Waals surface area (Å²) in [4.78, 5) is 56.3. The van der Waals surface area contributed by atoms with Crippen LogP contribution in [0.4, 0.5) is 0 Å². The van der Waals surface area contributed by atoms with Crippen LogP contribution < -0.4 is 24.0 Å². The summed E-state index contributed by atoms with van der Waals surface area (Å²) >= 11 is 0. The summed E-state index contributed by atoms with van der Waals surface area (Å²) < 4.78 is 10.6. The van der Waals surface area contributed by atoms with Gasteiger partial charge >= 0.3 is 42.7 Å². The zero-order chi connectivity index (χ0) is 50.3. The molecule has 0 saturated carbocycles. The number of carbonyl (C=O) groups excluding carboxylic acids is 3. The van der Waals surface area contributed by atoms with Gasteiger partial charge in [0.1, 0.15) is 25.0 Å². The molecule has 0 aromatic heterocycles. The summed E-state index contributed by atoms with van der Waals surface area (Å²) in [5, 5.41) is 38.7. The van der Waals surface area contributed by atoms with E-state index in [0.717, 1.165) is 25.7 Å². The zero-order valence-corrected chi connectivity index (χ0v) is 38.7. The van der Waals surface area contributed by atoms with Gasteiger partial charge in [0.25, 0.3) is 0 Å². The molecule has 0 aromatic rings. The Morgan fingerprint density at radius 3 is 1.18 bits per heavy atom. The van der Waals surface area contributed by atoms with Crippen molar-refractivity contribution in [2.75, 3.05) is 0 Å². The number of rotatable bonds is 22. The van der Waals surface area contributed by atoms with Gasteiger partial charge < -0.3 is 34.7 Å². The first-order valence-electron chi connectivity index (χ1n) is 20.1. The van der Waals surface area contributed by atoms with Crippen molar-refractivity contribution >= 4 is 29.8 Å². The maximum atomic E-state index is 12.0. The van der Waals surface area contributed by atoms with Gasteiger partial charge in [-0.25, -0.2) is 0 Å². The van der Waals surface area contributed by atoms with Gasteiger partial charge in [-0.15, -0.1) is 19.3 Å². The van der Waals surface area contributed by atoms with E-state index >= 15 is 0 Å². The number of aliphatic hydroxyl groups is 1. The second-order valence-electron chi connectivity index (χ2n) is 12.2. The second kappa shape index (κ2) is 55.8. The van der Waals surface area contributed by atoms with Gasteiger partial charge in [0, 0.05) is 12.4 Å². The predicted octanol–water partition coefficient (Wildman–Crippen LogP) is 0.921. The molecule has 3 atom stereocenters. The van der Waals surface area contributed by atoms with Gasteiger partial charge in [-0.1, -0.05) is 69.6 Å². The molecule has 3 unspecified atom stereocenters. The summed E-state index contributed by atoms with van der Waals surface area (Å²) in [6.45, 7) is 7.20. The Bertz CT molecular complexity index is 2340. The van der Waals surface area contributed by atoms with E-state index in [1.165, 1.54) is 0 Å². The Hall–Kier alpha value is -8.25. The monoisotopic (exact) mass is 894 g/mol. The number of aliphatic carboxylic acids is 3. The standard InChI is InChI=1S/C24H40O11.C12H6.C10H2.C9H4.Li/c1-2-3-4-8-11-17(25)14-19(35-24(33)16-22(30)31)18(34-23(32)15-21(28)29)12-9-6-5-7-10-13-20(26)27;1-3-5-7-9-11-12-10-8-6-4-2;1-3-5-7-9-10-8-6-4-2;1-3-5-7-9-8-6-4-2;/h17-19,25H,2-16H2,1H3,(H,26,27)(H,28,29)(H,30,31);1-2H3;1-2H;1H,2H3;/q;;;;+1/p-1. The molecule has 0 aromatic carbocycles. The van der Waals surface area contributed by atoms with Crippen LogP contribution in [0.15, 0.2) is 0 Å². The number of unbranched alkanes of at least 4 members (excludes halogenated alkanes) is 7. The number of carbonyl (C=O) groups is 5. The predicted molar refractivity (Wildman–Crippen MR) is 250 cm³/mol. The number of terminal acetylenes is 3. The summed E-state index contributed by atoms with van der Waals surface area (Å²) in [6, 6.07) is 0. The molecule has 3 N–H and O–H groups in total. The molecular weight excluding hydrogens is 844 g/mol. The second-order valence-corrected chi connectivity index (χ2v) is 12.2. The number of carboxylic acids is 3. The van der Waals surface area contributed by atoms with Crippen LogP contribution in [-0.4, -0.2) is 63.5 Å². The third-order valence-electron chi connectivity index (χ3n) is 6.93. The van der Waals surface area contributed by atoms with Crippen LogP contribution in [-0.2, 0) is 33.4 Å². The molecule has 0 fully saturated rings. The number of hydrogen-bond acceptors (Lipinski definition) is 9. The maximum Gasteiger partial charge on any atom is 1.00 e. The molecule has 338 valence electrons. The van der Waals surface area contributed by atoms with Gasteiger partial charge in [-0.2, -0.15) is 0 Å². The molecule has 67 heavy (non-hydrogen) atoms. The number of aliphatic hydroxyl groups excluding tert-OH is 1. The summed E-state index contributed by atoms with van der Waals surface area (Å²) in [5.74, 6) is 54.9. The fraction of sp³-hybridized carbons (Fsp3) is 0.400. The minimum atomic E-state index is -1.40. The fourth-order valence-electron chi connectivity index (χ4n) is 4.30. The molecule has 0 aliphatic carbocycles. The van der Waals surface area contributed by atoms with Crippen molar-refractivity contribution in [3.63, 3.8) is 0 Å². The third kappa shape index (κ3) is 62.1. The Morgan fingerprint density at radius 1 is 0.493 bits per heavy atom. The average Bonchev–Trinajstić information content (AvgIpc) is 3.26. The van der Waals surface area contributed by atoms with Gasteiger partial charge in [-0.05, 0) is 183 Å². The largest absolute Gasteiger partial charge is 1.00 e. The van der Waals surface area contributed by atoms with Crippen LogP contribution in [0.3, 0.4) is 0 Å². The van der Waals surface area contributed by atoms with E-state index in [-0.39, 0.29) is 38.1 Å². The first-order chi connectivity index (χ1) is 31.8. The normalized spacial score (nSPS) is 8.69. The molecule has 0 aliphatic heterocycles. The van der Waals surface area contributed by atoms with E-state index in [1.807, 2.05) is 6.92 Å². The van der Waals surface area contributed by atoms with Gasteiger partial charge in [-0.3, -0.25) is 19.2 Å². The minimum absolute atomic E-state index is 0. The molecule has 0 spiro atoms. The van der Waals surface area contributed by atoms with Crippen molar-refractivity contribution in [3.8, 4) is 167 Å². The van der Waals surface area contributed by atoms with Crippen LogP contribution in [0, 0.1) is 167 Å². The number of ether oxygens (including phenoxy) is 2. The summed E-state index contributed by atoms with van der Waals surface area (Å²) in [5.41, 5.74) is 0. The first kappa shape index (κ1) is 67.8. The topological polar surface area (TPSA) is 188 Å². The van der Waals surface area contributed by atoms with E-state index in [4.69, 9.17) is 39.0 Å². The quantitative estimate of drug-likeness (QED) is 0.0462. The average molecular weight is 895 g/mol. The summed E-state index contributed by atoms with van der Waals surface area (Å²) in [6.07, 6.45) is 16.7. The molecule has 0 heterocycles. The van der Waals surface area contributed by atoms with Crippen LogP contribution in [0.5, 0.6) is 0 Å². The van der Waals surface area contributed by atoms with Crippen LogP contribution in [0.1, 0.15) is 124 Å². The van der Waals surface area contributed by atoms with Crippen LogP contribution in [0.25, 0.3) is 0 Å². The molecular formula is C55H51LiO11. The fourth-order valence-corrected chi connectivity index (χ4v) is 4.30. The molecule has 0 rings (SSSR count). The Morgan fingerprint density at radius 2 is 0.821 bits per heavy atom. The van der Waals surface area contributed by atoms with Crippen molar-refractivity contribution in [1.29, 1.82) is 0 Å². The van der Waals surface area contributed by atoms with Crippen LogP contribution in [0.2, 0.25) is 0 Å². The van der Waals surface area contributed by atoms with Crippen molar-refractivity contribution in [2.24, 2.45) is 0 Å². The van der Waals surface area contributed by atoms with Gasteiger partial charge in [0.05, 0.1) is 6.10 Å². The van der Waals surface area contributed by atoms with Crippen molar-refractivity contribution in [1.82, 2.24) is 0 Å². The molecule has 0 bridgehead atoms. The van der Waals surface area contributed by atoms with Crippen molar-refractivity contribution < 1.29 is 72.7 Å². The SMILES string of the molecule is C#CC#CC#CC#CC.C#CC#CC#CC#CC#C.CC#CC#CC#CC#CC#CC.CCCCCCC(O)CC(OC(=O)CC(=O)O)C(CCCCCCCC(=O)[O-])OC(=O)CC(=O)O.[Li+]. The van der Waals surface area contributed by atoms with E-state index in [9.17, 15) is 34.2 Å². The van der Waals surface area contributed by atoms with E-state index in [1.54, 1.807) is 20.8 Å². The van der Waals surface area contributed by atoms with Crippen LogP contribution >= 0.6 is 0 Å². The van der Waals surface area contributed by atoms with E-state index in [2.05, 4.69) is 148 Å². The smallest absolute Gasteiger partial charge is 0.550 e. The zero-order valence-electron chi connectivity index (χ0n) is 38.7. The molecule has 12 heteroatoms. The minimum Gasteiger partial charge on any atom is -0.550 e. The third-order valence-corrected chi connectivity index (χ3v) is 6.93. The van der Waals surface area contributed by atoms with Crippen molar-refractivity contribution in [2.45, 2.75) is 142 Å². The Balaban J connectivity index is -0.000000322. The Kier molecular flexibility index (Phi) is 56.4. The molecule has 0 saturated heterocycles. The molecule has 0 radical (unpaired) electrons. The first-order valence-corrected chi connectivity index (χ1v) is 20.1. The number of hydrogen-bond donors (Lipinski definition) is 3. The maximum absolute atomic E-state index is 12.0. The van der Waals surface area contributed by atoms with E-state index in [0.29, 0.717) is 38.5 Å². The summed E-state index contributed by atoms with van der Waals surface area (Å²) in [7, 11) is 0. The van der Waals surface area contributed by atoms with Gasteiger partial charge in [0.15, 0.2) is 0 Å². The van der Waals surface area contributed by atoms with Crippen molar-refractivity contribution in [3.05, 3.63) is 0 Å². The number of esters is 2. The van der Waals surface area contributed by atoms with E-state index < -0.39 is 61.0 Å². The Labute approximate surface area is 410 Å². The number of carboxylic acid groups (broad SMARTS) is 3. The molecule has 0 aliphatic rings. The molecule has 11 nitrogen and oxygen atoms in total. The molecule has 0 amide bonds.